The highest BCUT2D eigenvalue weighted by Gasteiger charge is 1.66. The molecule has 0 radical (unpaired) electrons. The molecule has 0 heterocycles. The third-order valence-electron chi connectivity index (χ3n) is 0.529. The molecular weight excluding hydrogens is 78.0 g/mol. The lowest BCUT2D eigenvalue weighted by molar-refractivity contribution is -0.365. The van der Waals surface area contributed by atoms with Gasteiger partial charge in [-0.15, -0.1) is 6.61 Å². The van der Waals surface area contributed by atoms with Crippen LogP contribution in [0.3, 0.4) is 0 Å². The van der Waals surface area contributed by atoms with Crippen molar-refractivity contribution in [3.05, 3.63) is 0 Å². The molecule has 0 aliphatic rings. The summed E-state index contributed by atoms with van der Waals surface area (Å²) in [5.74, 6) is 0. The van der Waals surface area contributed by atoms with Crippen molar-refractivity contribution in [3.8, 4) is 0 Å². The van der Waals surface area contributed by atoms with E-state index in [1.54, 1.807) is 0 Å². The molecule has 0 saturated carbocycles. The van der Waals surface area contributed by atoms with Crippen LogP contribution >= 0.6 is 0 Å². The second-order valence-corrected chi connectivity index (χ2v) is 1.06. The minimum atomic E-state index is -0.00611. The van der Waals surface area contributed by atoms with Crippen molar-refractivity contribution in [2.45, 2.75) is 6.92 Å². The van der Waals surface area contributed by atoms with Gasteiger partial charge in [-0.3, -0.25) is 0 Å². The van der Waals surface area contributed by atoms with Crippen LogP contribution in [-0.4, -0.2) is 19.7 Å². The van der Waals surface area contributed by atoms with Gasteiger partial charge in [0.1, 0.15) is 0 Å². The van der Waals surface area contributed by atoms with Crippen LogP contribution < -0.4 is 10.4 Å². The molecule has 0 bridgehead atoms. The van der Waals surface area contributed by atoms with Gasteiger partial charge in [0, 0.05) is 0 Å². The molecule has 0 saturated heterocycles. The first-order chi connectivity index (χ1) is 2.91. The Morgan fingerprint density at radius 2 is 2.33 bits per heavy atom. The predicted octanol–water partition coefficient (Wildman–Crippen LogP) is -1.04. The fourth-order valence-corrected chi connectivity index (χ4v) is 0.249. The average Bonchev–Trinajstić information content (AvgIpc) is 1.61. The van der Waals surface area contributed by atoms with E-state index < -0.39 is 0 Å². The Morgan fingerprint density at radius 3 is 2.50 bits per heavy atom. The summed E-state index contributed by atoms with van der Waals surface area (Å²) in [7, 11) is 0. The summed E-state index contributed by atoms with van der Waals surface area (Å²) in [6.45, 7) is 3.49. The predicted molar refractivity (Wildman–Crippen MR) is 23.4 cm³/mol. The Bertz CT molecular complexity index is 19.5. The lowest BCUT2D eigenvalue weighted by Gasteiger charge is -2.00. The second kappa shape index (κ2) is 4.92. The minimum Gasteiger partial charge on any atom is -0.854 e. The zero-order valence-electron chi connectivity index (χ0n) is 4.03. The first-order valence-corrected chi connectivity index (χ1v) is 2.20. The maximum atomic E-state index is 9.63. The fourth-order valence-electron chi connectivity index (χ4n) is 0.249. The van der Waals surface area contributed by atoms with Gasteiger partial charge >= 0.3 is 0 Å². The van der Waals surface area contributed by atoms with Crippen LogP contribution in [0.15, 0.2) is 0 Å². The smallest absolute Gasteiger partial charge is 0.00779 e. The van der Waals surface area contributed by atoms with E-state index >= 15 is 0 Å². The van der Waals surface area contributed by atoms with Crippen molar-refractivity contribution in [1.29, 1.82) is 0 Å². The largest absolute Gasteiger partial charge is 0.854 e. The summed E-state index contributed by atoms with van der Waals surface area (Å²) in [5, 5.41) is 12.5. The monoisotopic (exact) mass is 88.1 g/mol. The summed E-state index contributed by atoms with van der Waals surface area (Å²) in [6, 6.07) is 0. The van der Waals surface area contributed by atoms with E-state index in [-0.39, 0.29) is 6.61 Å². The van der Waals surface area contributed by atoms with Crippen molar-refractivity contribution >= 4 is 0 Å². The van der Waals surface area contributed by atoms with Gasteiger partial charge in [-0.2, -0.15) is 0 Å². The van der Waals surface area contributed by atoms with Gasteiger partial charge in [0.15, 0.2) is 0 Å². The van der Waals surface area contributed by atoms with Gasteiger partial charge < -0.3 is 10.4 Å². The van der Waals surface area contributed by atoms with Crippen LogP contribution in [0, 0.1) is 0 Å². The molecule has 0 aromatic rings. The molecule has 0 aliphatic heterocycles. The molecule has 0 fully saturated rings. The standard InChI is InChI=1S/C4H10NO/c1-2-5-3-4-6/h5H,2-4H2,1H3/q-1. The summed E-state index contributed by atoms with van der Waals surface area (Å²) < 4.78 is 0. The van der Waals surface area contributed by atoms with Crippen LogP contribution in [0.25, 0.3) is 0 Å². The molecule has 0 rings (SSSR count). The quantitative estimate of drug-likeness (QED) is 0.447. The van der Waals surface area contributed by atoms with Crippen molar-refractivity contribution in [2.24, 2.45) is 0 Å². The Balaban J connectivity index is 2.34. The third-order valence-corrected chi connectivity index (χ3v) is 0.529. The molecule has 2 heteroatoms. The molecule has 0 atom stereocenters. The molecule has 2 nitrogen and oxygen atoms in total. The van der Waals surface area contributed by atoms with E-state index in [0.717, 1.165) is 6.54 Å². The van der Waals surface area contributed by atoms with E-state index in [2.05, 4.69) is 5.32 Å². The van der Waals surface area contributed by atoms with Crippen LogP contribution in [0.4, 0.5) is 0 Å². The molecule has 38 valence electrons. The van der Waals surface area contributed by atoms with E-state index in [1.807, 2.05) is 6.92 Å². The van der Waals surface area contributed by atoms with Crippen LogP contribution in [0.2, 0.25) is 0 Å². The number of hydrogen-bond acceptors (Lipinski definition) is 2. The Labute approximate surface area is 38.2 Å². The Morgan fingerprint density at radius 1 is 1.67 bits per heavy atom. The molecule has 0 amide bonds. The number of hydrogen-bond donors (Lipinski definition) is 1. The molecule has 0 aliphatic carbocycles. The Kier molecular flexibility index (Phi) is 4.85. The first-order valence-electron chi connectivity index (χ1n) is 2.20. The average molecular weight is 88.1 g/mol. The number of rotatable bonds is 3. The van der Waals surface area contributed by atoms with Crippen LogP contribution in [0.1, 0.15) is 6.92 Å². The molecule has 0 aromatic heterocycles. The lowest BCUT2D eigenvalue weighted by atomic mass is 10.6. The zero-order valence-corrected chi connectivity index (χ0v) is 4.03. The summed E-state index contributed by atoms with van der Waals surface area (Å²) >= 11 is 0. The zero-order chi connectivity index (χ0) is 4.83. The van der Waals surface area contributed by atoms with Crippen molar-refractivity contribution in [3.63, 3.8) is 0 Å². The molecule has 0 unspecified atom stereocenters. The van der Waals surface area contributed by atoms with E-state index in [9.17, 15) is 5.11 Å². The summed E-state index contributed by atoms with van der Waals surface area (Å²) in [6.07, 6.45) is 0. The maximum absolute atomic E-state index is 9.63. The SMILES string of the molecule is CCNCC[O-]. The first kappa shape index (κ1) is 5.92. The van der Waals surface area contributed by atoms with E-state index in [4.69, 9.17) is 0 Å². The number of nitrogens with one attached hydrogen (secondary N) is 1. The highest BCUT2D eigenvalue weighted by Crippen LogP contribution is 1.48. The summed E-state index contributed by atoms with van der Waals surface area (Å²) in [4.78, 5) is 0. The highest BCUT2D eigenvalue weighted by molar-refractivity contribution is 4.34. The fraction of sp³-hybridized carbons (Fsp3) is 1.00. The Hall–Kier alpha value is -0.0800. The molecule has 0 spiro atoms. The van der Waals surface area contributed by atoms with E-state index in [1.165, 1.54) is 0 Å². The topological polar surface area (TPSA) is 35.1 Å². The van der Waals surface area contributed by atoms with E-state index in [0.29, 0.717) is 6.54 Å². The molecule has 0 aromatic carbocycles. The molecule has 6 heavy (non-hydrogen) atoms. The van der Waals surface area contributed by atoms with Gasteiger partial charge in [0.2, 0.25) is 0 Å². The molecule has 1 N–H and O–H groups in total. The maximum Gasteiger partial charge on any atom is -0.00779 e. The number of likely N-dealkylation sites (N-methyl/N-ethyl adjacent to an activating group) is 1. The highest BCUT2D eigenvalue weighted by atomic mass is 16.3. The van der Waals surface area contributed by atoms with Crippen molar-refractivity contribution in [2.75, 3.05) is 19.7 Å². The van der Waals surface area contributed by atoms with Gasteiger partial charge in [0.05, 0.1) is 0 Å². The van der Waals surface area contributed by atoms with Crippen molar-refractivity contribution in [1.82, 2.24) is 5.32 Å². The van der Waals surface area contributed by atoms with Gasteiger partial charge in [-0.1, -0.05) is 6.92 Å². The molecular formula is C4H10NO-. The normalized spacial score (nSPS) is 9.00. The van der Waals surface area contributed by atoms with Gasteiger partial charge in [-0.25, -0.2) is 0 Å². The lowest BCUT2D eigenvalue weighted by Crippen LogP contribution is -2.24. The van der Waals surface area contributed by atoms with Crippen LogP contribution in [0.5, 0.6) is 0 Å². The van der Waals surface area contributed by atoms with Crippen molar-refractivity contribution < 1.29 is 5.11 Å². The van der Waals surface area contributed by atoms with Gasteiger partial charge in [0.25, 0.3) is 0 Å². The minimum absolute atomic E-state index is 0.00611. The van der Waals surface area contributed by atoms with Gasteiger partial charge in [-0.05, 0) is 13.1 Å². The summed E-state index contributed by atoms with van der Waals surface area (Å²) in [5.41, 5.74) is 0. The van der Waals surface area contributed by atoms with Crippen LogP contribution in [-0.2, 0) is 0 Å². The second-order valence-electron chi connectivity index (χ2n) is 1.06. The third kappa shape index (κ3) is 3.92.